The largest absolute Gasteiger partial charge is 0.555 e. The molecule has 0 bridgehead atoms. The Labute approximate surface area is 180 Å². The molecule has 1 aromatic heterocycles. The van der Waals surface area contributed by atoms with E-state index in [1.54, 1.807) is 29.1 Å². The smallest absolute Gasteiger partial charge is 0.532 e. The molecule has 11 heteroatoms. The van der Waals surface area contributed by atoms with Gasteiger partial charge >= 0.3 is 7.12 Å². The lowest BCUT2D eigenvalue weighted by Crippen LogP contribution is -2.28. The fourth-order valence-electron chi connectivity index (χ4n) is 3.56. The molecule has 1 amide bonds. The van der Waals surface area contributed by atoms with Crippen molar-refractivity contribution in [2.24, 2.45) is 5.73 Å². The van der Waals surface area contributed by atoms with Crippen molar-refractivity contribution in [1.29, 1.82) is 5.26 Å². The number of nitrogens with one attached hydrogen (secondary N) is 1. The zero-order valence-electron chi connectivity index (χ0n) is 16.9. The summed E-state index contributed by atoms with van der Waals surface area (Å²) in [5.74, 6) is 0.342. The number of nitriles is 1. The number of carbonyl (C=O) groups excluding carboxylic acids is 1. The van der Waals surface area contributed by atoms with Crippen LogP contribution in [0.4, 0.5) is 11.5 Å². The first-order valence-electron chi connectivity index (χ1n) is 9.85. The zero-order chi connectivity index (χ0) is 22.4. The van der Waals surface area contributed by atoms with Gasteiger partial charge in [0.15, 0.2) is 5.82 Å². The highest BCUT2D eigenvalue weighted by atomic mass is 16.5. The molecule has 4 rings (SSSR count). The number of fused-ring (bicyclic) bond motifs is 1. The maximum atomic E-state index is 11.9. The molecule has 5 N–H and O–H groups in total. The Morgan fingerprint density at radius 1 is 1.45 bits per heavy atom. The highest BCUT2D eigenvalue weighted by molar-refractivity contribution is 6.54. The molecule has 3 heterocycles. The Morgan fingerprint density at radius 3 is 2.94 bits per heavy atom. The van der Waals surface area contributed by atoms with Gasteiger partial charge in [0, 0.05) is 37.2 Å². The average molecular weight is 425 g/mol. The van der Waals surface area contributed by atoms with Crippen LogP contribution in [0, 0.1) is 11.8 Å². The quantitative estimate of drug-likeness (QED) is 0.506. The number of carbonyl (C=O) groups is 1. The number of rotatable bonds is 6. The highest BCUT2D eigenvalue weighted by Gasteiger charge is 2.27. The molecule has 1 atom stereocenters. The van der Waals surface area contributed by atoms with Gasteiger partial charge in [0.25, 0.3) is 5.91 Å². The third kappa shape index (κ3) is 5.06. The van der Waals surface area contributed by atoms with Gasteiger partial charge in [0.05, 0.1) is 12.6 Å². The lowest BCUT2D eigenvalue weighted by atomic mass is 9.74. The lowest BCUT2D eigenvalue weighted by Gasteiger charge is -2.22. The minimum atomic E-state index is -1.07. The van der Waals surface area contributed by atoms with Gasteiger partial charge in [0.2, 0.25) is 0 Å². The van der Waals surface area contributed by atoms with E-state index in [1.165, 1.54) is 0 Å². The summed E-state index contributed by atoms with van der Waals surface area (Å²) in [6, 6.07) is 5.39. The van der Waals surface area contributed by atoms with Crippen molar-refractivity contribution < 1.29 is 24.3 Å². The van der Waals surface area contributed by atoms with Crippen molar-refractivity contribution >= 4 is 30.6 Å². The Kier molecular flexibility index (Phi) is 7.30. The van der Waals surface area contributed by atoms with E-state index in [4.69, 9.17) is 25.5 Å². The van der Waals surface area contributed by atoms with Crippen LogP contribution in [0.3, 0.4) is 0 Å². The van der Waals surface area contributed by atoms with Gasteiger partial charge in [-0.25, -0.2) is 5.26 Å². The van der Waals surface area contributed by atoms with Crippen molar-refractivity contribution in [2.75, 3.05) is 25.1 Å². The number of anilines is 2. The normalized spacial score (nSPS) is 17.5. The number of hydrogen-bond donors (Lipinski definition) is 4. The van der Waals surface area contributed by atoms with Crippen molar-refractivity contribution in [3.05, 3.63) is 41.0 Å². The number of ether oxygens (including phenoxy) is 1. The number of benzene rings is 1. The first-order valence-corrected chi connectivity index (χ1v) is 9.85. The summed E-state index contributed by atoms with van der Waals surface area (Å²) in [5.41, 5.74) is 7.89. The molecule has 2 aliphatic heterocycles. The molecular formula is C20H24BN5O5. The minimum absolute atomic E-state index is 0.0693. The van der Waals surface area contributed by atoms with Gasteiger partial charge in [-0.15, -0.1) is 0 Å². The van der Waals surface area contributed by atoms with E-state index in [1.807, 2.05) is 6.07 Å². The third-order valence-electron chi connectivity index (χ3n) is 5.08. The molecule has 0 unspecified atom stereocenters. The van der Waals surface area contributed by atoms with Gasteiger partial charge in [-0.3, -0.25) is 9.48 Å². The molecule has 0 saturated carbocycles. The number of nitrogens with two attached hydrogens (primary N) is 1. The predicted molar refractivity (Wildman–Crippen MR) is 115 cm³/mol. The van der Waals surface area contributed by atoms with E-state index in [2.05, 4.69) is 17.0 Å². The fraction of sp³-hybridized carbons (Fsp3) is 0.350. The summed E-state index contributed by atoms with van der Waals surface area (Å²) in [5, 5.41) is 33.3. The maximum Gasteiger partial charge on any atom is 0.555 e. The molecule has 2 aliphatic rings. The number of nitrogens with zero attached hydrogens (tertiary/aromatic N) is 3. The van der Waals surface area contributed by atoms with Crippen molar-refractivity contribution in [1.82, 2.24) is 9.78 Å². The van der Waals surface area contributed by atoms with Crippen LogP contribution in [0.2, 0.25) is 0 Å². The van der Waals surface area contributed by atoms with Crippen molar-refractivity contribution in [3.63, 3.8) is 0 Å². The predicted octanol–water partition coefficient (Wildman–Crippen LogP) is 1.39. The van der Waals surface area contributed by atoms with Gasteiger partial charge in [-0.2, -0.15) is 5.10 Å². The number of aliphatic hydroxyl groups is 1. The molecule has 1 saturated heterocycles. The first kappa shape index (κ1) is 22.4. The Morgan fingerprint density at radius 2 is 2.26 bits per heavy atom. The van der Waals surface area contributed by atoms with Crippen LogP contribution in [0.1, 0.15) is 41.2 Å². The third-order valence-corrected chi connectivity index (χ3v) is 5.08. The summed E-state index contributed by atoms with van der Waals surface area (Å²) < 4.78 is 12.7. The van der Waals surface area contributed by atoms with E-state index in [9.17, 15) is 9.82 Å². The second-order valence-corrected chi connectivity index (χ2v) is 7.15. The van der Waals surface area contributed by atoms with Crippen LogP contribution < -0.4 is 15.7 Å². The monoisotopic (exact) mass is 425 g/mol. The average Bonchev–Trinajstić information content (AvgIpc) is 3.21. The van der Waals surface area contributed by atoms with Crippen LogP contribution in [0.5, 0.6) is 5.75 Å². The number of amides is 1. The number of aromatic nitrogens is 2. The molecule has 0 radical (unpaired) electrons. The van der Waals surface area contributed by atoms with Crippen LogP contribution in [-0.2, 0) is 4.74 Å². The summed E-state index contributed by atoms with van der Waals surface area (Å²) in [6.07, 6.45) is 5.63. The van der Waals surface area contributed by atoms with Crippen LogP contribution >= 0.6 is 0 Å². The molecule has 1 fully saturated rings. The molecule has 31 heavy (non-hydrogen) atoms. The van der Waals surface area contributed by atoms with Gasteiger partial charge < -0.3 is 30.6 Å². The van der Waals surface area contributed by atoms with E-state index < -0.39 is 13.0 Å². The zero-order valence-corrected chi connectivity index (χ0v) is 16.9. The molecule has 162 valence electrons. The van der Waals surface area contributed by atoms with Crippen LogP contribution in [0.25, 0.3) is 6.08 Å². The topological polar surface area (TPSA) is 156 Å². The van der Waals surface area contributed by atoms with Crippen molar-refractivity contribution in [2.45, 2.75) is 25.3 Å². The van der Waals surface area contributed by atoms with Gasteiger partial charge in [-0.1, -0.05) is 6.08 Å². The molecule has 0 spiro atoms. The second kappa shape index (κ2) is 10.1. The fourth-order valence-corrected chi connectivity index (χ4v) is 3.56. The van der Waals surface area contributed by atoms with E-state index in [0.717, 1.165) is 25.0 Å². The summed E-state index contributed by atoms with van der Waals surface area (Å²) in [6.45, 7) is 4.71. The number of aliphatic hydroxyl groups excluding tert-OH is 1. The number of primary amides is 1. The molecular weight excluding hydrogens is 401 g/mol. The summed E-state index contributed by atoms with van der Waals surface area (Å²) in [4.78, 5) is 11.9. The van der Waals surface area contributed by atoms with Crippen LogP contribution in [0.15, 0.2) is 29.9 Å². The Hall–Kier alpha value is -3.33. The second-order valence-electron chi connectivity index (χ2n) is 7.15. The SMILES string of the molecule is C#N.NC(=O)c1cn([C@@H]2CCCOC2)nc1Nc1ccc2c(c1)C=C(CCO)B(O)O2. The maximum absolute atomic E-state index is 11.9. The Bertz CT molecular complexity index is 984. The standard InChI is InChI=1S/C19H23BN4O5.CHN/c21-18(26)16-10-24(15-2-1-7-28-11-15)23-19(16)22-14-3-4-17-12(9-14)8-13(5-6-25)20(27)29-17;1-2/h3-4,8-10,15,25,27H,1-2,5-7,11H2,(H2,21,26)(H,22,23);1H/t15-;/m1./s1. The first-order chi connectivity index (χ1) is 15.0. The van der Waals surface area contributed by atoms with E-state index in [-0.39, 0.29) is 12.6 Å². The Balaban J connectivity index is 0.00000132. The molecule has 10 nitrogen and oxygen atoms in total. The van der Waals surface area contributed by atoms with Gasteiger partial charge in [-0.05, 0) is 42.9 Å². The summed E-state index contributed by atoms with van der Waals surface area (Å²) >= 11 is 0. The van der Waals surface area contributed by atoms with Crippen LogP contribution in [-0.4, -0.2) is 52.8 Å². The molecule has 0 aliphatic carbocycles. The minimum Gasteiger partial charge on any atom is -0.532 e. The van der Waals surface area contributed by atoms with Crippen molar-refractivity contribution in [3.8, 4) is 12.3 Å². The highest BCUT2D eigenvalue weighted by Crippen LogP contribution is 2.32. The van der Waals surface area contributed by atoms with E-state index >= 15 is 0 Å². The molecule has 1 aromatic carbocycles. The molecule has 2 aromatic rings. The van der Waals surface area contributed by atoms with Gasteiger partial charge in [0.1, 0.15) is 11.3 Å². The summed E-state index contributed by atoms with van der Waals surface area (Å²) in [7, 11) is -1.07. The lowest BCUT2D eigenvalue weighted by molar-refractivity contribution is 0.0550. The van der Waals surface area contributed by atoms with E-state index in [0.29, 0.717) is 41.3 Å². The number of hydrogen-bond acceptors (Lipinski definition) is 8.